The molecule has 3 aromatic rings. The molecule has 0 spiro atoms. The number of rotatable bonds is 5. The Morgan fingerprint density at radius 1 is 0.812 bits per heavy atom. The number of nitrogens with one attached hydrogen (secondary N) is 2. The van der Waals surface area contributed by atoms with Gasteiger partial charge in [0.2, 0.25) is 0 Å². The Kier molecular flexibility index (Phi) is 7.83. The molecule has 0 aliphatic heterocycles. The summed E-state index contributed by atoms with van der Waals surface area (Å²) in [5.74, 6) is -2.26. The second-order valence-electron chi connectivity index (χ2n) is 6.28. The summed E-state index contributed by atoms with van der Waals surface area (Å²) >= 11 is 17.6. The van der Waals surface area contributed by atoms with E-state index >= 15 is 0 Å². The fourth-order valence-electron chi connectivity index (χ4n) is 2.47. The zero-order valence-corrected chi connectivity index (χ0v) is 18.4. The maximum atomic E-state index is 12.2. The van der Waals surface area contributed by atoms with Crippen molar-refractivity contribution in [3.05, 3.63) is 92.9 Å². The van der Waals surface area contributed by atoms with Crippen LogP contribution in [0.1, 0.15) is 15.9 Å². The molecule has 10 heteroatoms. The van der Waals surface area contributed by atoms with E-state index in [4.69, 9.17) is 39.5 Å². The monoisotopic (exact) mass is 489 g/mol. The minimum absolute atomic E-state index is 0.265. The maximum Gasteiger partial charge on any atom is 0.343 e. The summed E-state index contributed by atoms with van der Waals surface area (Å²) in [6.07, 6.45) is 1.29. The highest BCUT2D eigenvalue weighted by Gasteiger charge is 2.14. The molecule has 0 aliphatic carbocycles. The molecule has 3 aromatic carbocycles. The molecular formula is C22H14Cl3N3O4. The Labute approximate surface area is 197 Å². The molecule has 0 saturated carbocycles. The summed E-state index contributed by atoms with van der Waals surface area (Å²) in [6.45, 7) is 0. The minimum Gasteiger partial charge on any atom is -0.423 e. The van der Waals surface area contributed by atoms with Gasteiger partial charge in [0, 0.05) is 20.8 Å². The zero-order chi connectivity index (χ0) is 23.1. The molecule has 0 fully saturated rings. The average molecular weight is 491 g/mol. The van der Waals surface area contributed by atoms with Crippen molar-refractivity contribution in [2.75, 3.05) is 5.32 Å². The van der Waals surface area contributed by atoms with E-state index in [0.717, 1.165) is 0 Å². The quantitative estimate of drug-likeness (QED) is 0.174. The molecule has 0 radical (unpaired) electrons. The van der Waals surface area contributed by atoms with Gasteiger partial charge in [0.05, 0.1) is 11.8 Å². The first-order chi connectivity index (χ1) is 15.3. The fraction of sp³-hybridized carbons (Fsp3) is 0. The third-order valence-electron chi connectivity index (χ3n) is 3.84. The lowest BCUT2D eigenvalue weighted by molar-refractivity contribution is -0.136. The fourth-order valence-corrected chi connectivity index (χ4v) is 3.19. The van der Waals surface area contributed by atoms with Crippen LogP contribution in [0, 0.1) is 0 Å². The number of anilines is 1. The zero-order valence-electron chi connectivity index (χ0n) is 16.1. The van der Waals surface area contributed by atoms with Gasteiger partial charge in [0.25, 0.3) is 0 Å². The van der Waals surface area contributed by atoms with Crippen LogP contribution in [0.25, 0.3) is 0 Å². The summed E-state index contributed by atoms with van der Waals surface area (Å²) in [6, 6.07) is 17.2. The van der Waals surface area contributed by atoms with Crippen molar-refractivity contribution in [2.45, 2.75) is 0 Å². The Hall–Kier alpha value is -3.39. The molecule has 162 valence electrons. The molecule has 0 aliphatic rings. The van der Waals surface area contributed by atoms with Gasteiger partial charge >= 0.3 is 17.8 Å². The maximum absolute atomic E-state index is 12.2. The summed E-state index contributed by atoms with van der Waals surface area (Å²) in [4.78, 5) is 36.1. The Balaban J connectivity index is 1.57. The van der Waals surface area contributed by atoms with E-state index in [1.807, 2.05) is 0 Å². The molecule has 0 bridgehead atoms. The van der Waals surface area contributed by atoms with Crippen LogP contribution < -0.4 is 15.5 Å². The summed E-state index contributed by atoms with van der Waals surface area (Å²) in [7, 11) is 0. The van der Waals surface area contributed by atoms with Gasteiger partial charge in [-0.2, -0.15) is 5.10 Å². The molecule has 2 amide bonds. The standard InChI is InChI=1S/C22H14Cl3N3O4/c23-15-5-2-4-14(8-15)22(31)32-19-6-1-3-13(7-19)12-26-28-21(30)20(29)27-18-10-16(24)9-17(25)11-18/h1-12H,(H,27,29)(H,28,30)/b26-12+. The summed E-state index contributed by atoms with van der Waals surface area (Å²) < 4.78 is 5.32. The predicted molar refractivity (Wildman–Crippen MR) is 124 cm³/mol. The van der Waals surface area contributed by atoms with Gasteiger partial charge in [0.1, 0.15) is 5.75 Å². The van der Waals surface area contributed by atoms with Crippen molar-refractivity contribution in [3.63, 3.8) is 0 Å². The van der Waals surface area contributed by atoms with Crippen molar-refractivity contribution in [2.24, 2.45) is 5.10 Å². The Morgan fingerprint density at radius 3 is 2.25 bits per heavy atom. The number of hydrogen-bond donors (Lipinski definition) is 2. The lowest BCUT2D eigenvalue weighted by atomic mass is 10.2. The normalized spacial score (nSPS) is 10.6. The van der Waals surface area contributed by atoms with Crippen LogP contribution in [-0.4, -0.2) is 24.0 Å². The molecule has 0 heterocycles. The van der Waals surface area contributed by atoms with E-state index in [-0.39, 0.29) is 11.4 Å². The minimum atomic E-state index is -0.999. The van der Waals surface area contributed by atoms with Crippen LogP contribution in [0.3, 0.4) is 0 Å². The first-order valence-electron chi connectivity index (χ1n) is 8.98. The van der Waals surface area contributed by atoms with Gasteiger partial charge in [0.15, 0.2) is 0 Å². The molecule has 0 unspecified atom stereocenters. The van der Waals surface area contributed by atoms with E-state index in [2.05, 4.69) is 15.8 Å². The number of hydrazone groups is 1. The van der Waals surface area contributed by atoms with Crippen LogP contribution >= 0.6 is 34.8 Å². The third-order valence-corrected chi connectivity index (χ3v) is 4.51. The van der Waals surface area contributed by atoms with Crippen LogP contribution in [0.15, 0.2) is 71.8 Å². The van der Waals surface area contributed by atoms with Crippen molar-refractivity contribution in [3.8, 4) is 5.75 Å². The highest BCUT2D eigenvalue weighted by molar-refractivity contribution is 6.40. The van der Waals surface area contributed by atoms with E-state index < -0.39 is 17.8 Å². The van der Waals surface area contributed by atoms with Gasteiger partial charge in [-0.3, -0.25) is 9.59 Å². The van der Waals surface area contributed by atoms with Crippen molar-refractivity contribution in [1.29, 1.82) is 0 Å². The number of hydrogen-bond acceptors (Lipinski definition) is 5. The lowest BCUT2D eigenvalue weighted by Gasteiger charge is -2.06. The number of carbonyl (C=O) groups excluding carboxylic acids is 3. The number of amides is 2. The number of carbonyl (C=O) groups is 3. The van der Waals surface area contributed by atoms with Gasteiger partial charge in [-0.05, 0) is 54.1 Å². The highest BCUT2D eigenvalue weighted by Crippen LogP contribution is 2.22. The topological polar surface area (TPSA) is 96.9 Å². The largest absolute Gasteiger partial charge is 0.423 e. The SMILES string of the molecule is O=C(N/N=C/c1cccc(OC(=O)c2cccc(Cl)c2)c1)C(=O)Nc1cc(Cl)cc(Cl)c1. The smallest absolute Gasteiger partial charge is 0.343 e. The number of halogens is 3. The van der Waals surface area contributed by atoms with Gasteiger partial charge < -0.3 is 10.1 Å². The van der Waals surface area contributed by atoms with Crippen LogP contribution in [0.5, 0.6) is 5.75 Å². The van der Waals surface area contributed by atoms with Crippen LogP contribution in [-0.2, 0) is 9.59 Å². The first kappa shape index (κ1) is 23.3. The van der Waals surface area contributed by atoms with Crippen LogP contribution in [0.2, 0.25) is 15.1 Å². The predicted octanol–water partition coefficient (Wildman–Crippen LogP) is 4.95. The van der Waals surface area contributed by atoms with E-state index in [0.29, 0.717) is 26.2 Å². The van der Waals surface area contributed by atoms with Crippen molar-refractivity contribution < 1.29 is 19.1 Å². The van der Waals surface area contributed by atoms with E-state index in [1.54, 1.807) is 36.4 Å². The molecule has 0 aromatic heterocycles. The van der Waals surface area contributed by atoms with E-state index in [1.165, 1.54) is 36.5 Å². The molecule has 2 N–H and O–H groups in total. The number of benzene rings is 3. The molecule has 32 heavy (non-hydrogen) atoms. The Morgan fingerprint density at radius 2 is 1.53 bits per heavy atom. The third kappa shape index (κ3) is 6.81. The second-order valence-corrected chi connectivity index (χ2v) is 7.59. The molecule has 0 saturated heterocycles. The van der Waals surface area contributed by atoms with Gasteiger partial charge in [-0.15, -0.1) is 0 Å². The molecular weight excluding hydrogens is 477 g/mol. The van der Waals surface area contributed by atoms with Gasteiger partial charge in [-0.25, -0.2) is 10.2 Å². The molecule has 7 nitrogen and oxygen atoms in total. The van der Waals surface area contributed by atoms with Crippen molar-refractivity contribution >= 4 is 64.5 Å². The molecule has 3 rings (SSSR count). The lowest BCUT2D eigenvalue weighted by Crippen LogP contribution is -2.32. The summed E-state index contributed by atoms with van der Waals surface area (Å²) in [5, 5.41) is 7.13. The first-order valence-corrected chi connectivity index (χ1v) is 10.1. The van der Waals surface area contributed by atoms with E-state index in [9.17, 15) is 14.4 Å². The number of nitrogens with zero attached hydrogens (tertiary/aromatic N) is 1. The number of esters is 1. The Bertz CT molecular complexity index is 1190. The average Bonchev–Trinajstić information content (AvgIpc) is 2.73. The van der Waals surface area contributed by atoms with Crippen LogP contribution in [0.4, 0.5) is 5.69 Å². The summed E-state index contributed by atoms with van der Waals surface area (Å²) in [5.41, 5.74) is 3.19. The highest BCUT2D eigenvalue weighted by atomic mass is 35.5. The van der Waals surface area contributed by atoms with Gasteiger partial charge in [-0.1, -0.05) is 53.0 Å². The second kappa shape index (κ2) is 10.8. The number of ether oxygens (including phenoxy) is 1. The molecule has 0 atom stereocenters. The van der Waals surface area contributed by atoms with Crippen molar-refractivity contribution in [1.82, 2.24) is 5.43 Å².